The van der Waals surface area contributed by atoms with Crippen LogP contribution in [0, 0.1) is 0 Å². The summed E-state index contributed by atoms with van der Waals surface area (Å²) in [5.74, 6) is 1.22. The number of rotatable bonds is 3. The molecule has 0 unspecified atom stereocenters. The van der Waals surface area contributed by atoms with Gasteiger partial charge in [0.2, 0.25) is 0 Å². The highest BCUT2D eigenvalue weighted by atomic mass is 16.5. The van der Waals surface area contributed by atoms with Crippen LogP contribution in [0.1, 0.15) is 0 Å². The Morgan fingerprint density at radius 3 is 2.50 bits per heavy atom. The zero-order valence-electron chi connectivity index (χ0n) is 13.2. The molecule has 4 rings (SSSR count). The van der Waals surface area contributed by atoms with Crippen molar-refractivity contribution in [3.8, 4) is 22.8 Å². The third kappa shape index (κ3) is 2.04. The van der Waals surface area contributed by atoms with E-state index < -0.39 is 0 Å². The van der Waals surface area contributed by atoms with Gasteiger partial charge in [0.15, 0.2) is 11.5 Å². The van der Waals surface area contributed by atoms with Crippen molar-refractivity contribution in [2.45, 2.75) is 0 Å². The van der Waals surface area contributed by atoms with E-state index in [-0.39, 0.29) is 0 Å². The lowest BCUT2D eigenvalue weighted by Crippen LogP contribution is -1.94. The Hall–Kier alpha value is -3.28. The summed E-state index contributed by atoms with van der Waals surface area (Å²) in [7, 11) is 3.18. The first-order valence-corrected chi connectivity index (χ1v) is 7.39. The van der Waals surface area contributed by atoms with Crippen molar-refractivity contribution >= 4 is 21.8 Å². The van der Waals surface area contributed by atoms with Crippen LogP contribution in [0.5, 0.6) is 11.5 Å². The maximum Gasteiger partial charge on any atom is 0.162 e. The van der Waals surface area contributed by atoms with Crippen LogP contribution in [-0.2, 0) is 0 Å². The fourth-order valence-electron chi connectivity index (χ4n) is 2.95. The molecule has 0 saturated heterocycles. The van der Waals surface area contributed by atoms with Gasteiger partial charge >= 0.3 is 0 Å². The van der Waals surface area contributed by atoms with Crippen molar-refractivity contribution < 1.29 is 14.7 Å². The first-order chi connectivity index (χ1) is 11.7. The first-order valence-electron chi connectivity index (χ1n) is 7.39. The van der Waals surface area contributed by atoms with E-state index >= 15 is 0 Å². The maximum absolute atomic E-state index is 10.1. The maximum atomic E-state index is 10.1. The summed E-state index contributed by atoms with van der Waals surface area (Å²) in [6.07, 6.45) is 3.16. The molecule has 0 spiro atoms. The molecule has 0 atom stereocenters. The van der Waals surface area contributed by atoms with Gasteiger partial charge in [-0.2, -0.15) is 4.73 Å². The fourth-order valence-corrected chi connectivity index (χ4v) is 2.95. The average molecular weight is 321 g/mol. The summed E-state index contributed by atoms with van der Waals surface area (Å²) >= 11 is 0. The molecule has 0 bridgehead atoms. The first kappa shape index (κ1) is 14.3. The van der Waals surface area contributed by atoms with Crippen LogP contribution >= 0.6 is 0 Å². The molecule has 6 nitrogen and oxygen atoms in total. The molecule has 24 heavy (non-hydrogen) atoms. The van der Waals surface area contributed by atoms with Crippen LogP contribution < -0.4 is 9.47 Å². The number of fused-ring (bicyclic) bond motifs is 2. The van der Waals surface area contributed by atoms with Gasteiger partial charge in [-0.05, 0) is 12.1 Å². The summed E-state index contributed by atoms with van der Waals surface area (Å²) < 4.78 is 11.8. The van der Waals surface area contributed by atoms with E-state index in [2.05, 4.69) is 9.97 Å². The standard InChI is InChI=1S/C18H15N3O3/c1-23-16-7-12-14(8-17(16)24-2)19-10-20-18(12)13-9-21(22)15-6-4-3-5-11(13)15/h3-10,22H,1-2H3. The molecule has 0 radical (unpaired) electrons. The Morgan fingerprint density at radius 1 is 0.958 bits per heavy atom. The van der Waals surface area contributed by atoms with E-state index in [9.17, 15) is 5.21 Å². The Kier molecular flexibility index (Phi) is 3.23. The van der Waals surface area contributed by atoms with E-state index in [1.54, 1.807) is 20.4 Å². The third-order valence-corrected chi connectivity index (χ3v) is 4.09. The van der Waals surface area contributed by atoms with Crippen LogP contribution in [0.2, 0.25) is 0 Å². The van der Waals surface area contributed by atoms with Gasteiger partial charge in [0.1, 0.15) is 6.33 Å². The van der Waals surface area contributed by atoms with Gasteiger partial charge in [-0.1, -0.05) is 18.2 Å². The van der Waals surface area contributed by atoms with Crippen LogP contribution in [0.15, 0.2) is 48.9 Å². The van der Waals surface area contributed by atoms with Crippen molar-refractivity contribution in [1.29, 1.82) is 0 Å². The quantitative estimate of drug-likeness (QED) is 0.585. The molecule has 4 aromatic rings. The number of nitrogens with zero attached hydrogens (tertiary/aromatic N) is 3. The number of hydrogen-bond donors (Lipinski definition) is 1. The van der Waals surface area contributed by atoms with E-state index in [4.69, 9.17) is 9.47 Å². The van der Waals surface area contributed by atoms with Gasteiger partial charge in [0.25, 0.3) is 0 Å². The summed E-state index contributed by atoms with van der Waals surface area (Å²) in [6.45, 7) is 0. The summed E-state index contributed by atoms with van der Waals surface area (Å²) in [5, 5.41) is 11.9. The molecule has 0 saturated carbocycles. The number of benzene rings is 2. The Morgan fingerprint density at radius 2 is 1.71 bits per heavy atom. The molecule has 0 fully saturated rings. The predicted molar refractivity (Wildman–Crippen MR) is 90.8 cm³/mol. The molecule has 0 aliphatic rings. The topological polar surface area (TPSA) is 69.4 Å². The predicted octanol–water partition coefficient (Wildman–Crippen LogP) is 3.51. The second-order valence-electron chi connectivity index (χ2n) is 5.35. The van der Waals surface area contributed by atoms with Crippen LogP contribution in [0.25, 0.3) is 33.1 Å². The lowest BCUT2D eigenvalue weighted by atomic mass is 10.1. The van der Waals surface area contributed by atoms with E-state index in [1.165, 1.54) is 6.33 Å². The number of hydrogen-bond acceptors (Lipinski definition) is 5. The highest BCUT2D eigenvalue weighted by molar-refractivity contribution is 6.03. The molecular formula is C18H15N3O3. The fraction of sp³-hybridized carbons (Fsp3) is 0.111. The number of ether oxygens (including phenoxy) is 2. The lowest BCUT2D eigenvalue weighted by molar-refractivity contribution is 0.200. The van der Waals surface area contributed by atoms with Crippen molar-refractivity contribution in [3.63, 3.8) is 0 Å². The molecule has 0 amide bonds. The molecule has 0 aliphatic carbocycles. The van der Waals surface area contributed by atoms with Crippen molar-refractivity contribution in [2.24, 2.45) is 0 Å². The van der Waals surface area contributed by atoms with Gasteiger partial charge in [0, 0.05) is 22.4 Å². The van der Waals surface area contributed by atoms with Crippen LogP contribution in [-0.4, -0.2) is 34.1 Å². The highest BCUT2D eigenvalue weighted by Crippen LogP contribution is 2.37. The SMILES string of the molecule is COc1cc2ncnc(-c3cn(O)c4ccccc34)c2cc1OC. The van der Waals surface area contributed by atoms with Gasteiger partial charge in [-0.15, -0.1) is 0 Å². The smallest absolute Gasteiger partial charge is 0.162 e. The summed E-state index contributed by atoms with van der Waals surface area (Å²) in [6, 6.07) is 11.3. The zero-order chi connectivity index (χ0) is 16.7. The molecule has 2 aromatic heterocycles. The minimum absolute atomic E-state index is 0.605. The van der Waals surface area contributed by atoms with Gasteiger partial charge in [-0.3, -0.25) is 0 Å². The number of methoxy groups -OCH3 is 2. The second kappa shape index (κ2) is 5.42. The van der Waals surface area contributed by atoms with Crippen molar-refractivity contribution in [3.05, 3.63) is 48.9 Å². The summed E-state index contributed by atoms with van der Waals surface area (Å²) in [5.41, 5.74) is 3.02. The Labute approximate surface area is 137 Å². The molecule has 6 heteroatoms. The van der Waals surface area contributed by atoms with E-state index in [0.717, 1.165) is 37.8 Å². The van der Waals surface area contributed by atoms with Gasteiger partial charge in [-0.25, -0.2) is 9.97 Å². The molecule has 0 aliphatic heterocycles. The second-order valence-corrected chi connectivity index (χ2v) is 5.35. The minimum atomic E-state index is 0.605. The number of para-hydroxylation sites is 1. The molecule has 2 heterocycles. The Bertz CT molecular complexity index is 1060. The molecular weight excluding hydrogens is 306 g/mol. The summed E-state index contributed by atoms with van der Waals surface area (Å²) in [4.78, 5) is 8.76. The Balaban J connectivity index is 2.06. The van der Waals surface area contributed by atoms with Crippen molar-refractivity contribution in [1.82, 2.24) is 14.7 Å². The largest absolute Gasteiger partial charge is 0.493 e. The monoisotopic (exact) mass is 321 g/mol. The average Bonchev–Trinajstić information content (AvgIpc) is 2.97. The van der Waals surface area contributed by atoms with E-state index in [1.807, 2.05) is 36.4 Å². The highest BCUT2D eigenvalue weighted by Gasteiger charge is 2.16. The molecule has 1 N–H and O–H groups in total. The molecule has 120 valence electrons. The van der Waals surface area contributed by atoms with Crippen LogP contribution in [0.4, 0.5) is 0 Å². The molecule has 2 aromatic carbocycles. The third-order valence-electron chi connectivity index (χ3n) is 4.09. The number of aromatic nitrogens is 3. The van der Waals surface area contributed by atoms with Gasteiger partial charge in [0.05, 0.1) is 37.1 Å². The zero-order valence-corrected chi connectivity index (χ0v) is 13.2. The van der Waals surface area contributed by atoms with Crippen molar-refractivity contribution in [2.75, 3.05) is 14.2 Å². The normalized spacial score (nSPS) is 11.1. The van der Waals surface area contributed by atoms with E-state index in [0.29, 0.717) is 11.5 Å². The van der Waals surface area contributed by atoms with Crippen LogP contribution in [0.3, 0.4) is 0 Å². The minimum Gasteiger partial charge on any atom is -0.493 e. The van der Waals surface area contributed by atoms with Gasteiger partial charge < -0.3 is 14.7 Å². The lowest BCUT2D eigenvalue weighted by Gasteiger charge is -2.10.